The summed E-state index contributed by atoms with van der Waals surface area (Å²) in [6.07, 6.45) is 0. The molecule has 13 heavy (non-hydrogen) atoms. The topological polar surface area (TPSA) is 54.4 Å². The Morgan fingerprint density at radius 1 is 1.23 bits per heavy atom. The number of phenolic OH excluding ortho intramolecular Hbond substituents is 1. The number of hydrogen-bond acceptors (Lipinski definition) is 3. The molecule has 0 aliphatic heterocycles. The first-order valence-electron chi connectivity index (χ1n) is 2.95. The SMILES string of the molecule is O=S(=O)(Cl)c1c(O)ccc(Cl)c1Cl. The van der Waals surface area contributed by atoms with Gasteiger partial charge in [0.25, 0.3) is 9.05 Å². The van der Waals surface area contributed by atoms with Crippen LogP contribution in [0.25, 0.3) is 0 Å². The average Bonchev–Trinajstić information content (AvgIpc) is 1.95. The molecule has 0 radical (unpaired) electrons. The van der Waals surface area contributed by atoms with Gasteiger partial charge in [-0.05, 0) is 12.1 Å². The minimum Gasteiger partial charge on any atom is -0.506 e. The van der Waals surface area contributed by atoms with Gasteiger partial charge >= 0.3 is 0 Å². The highest BCUT2D eigenvalue weighted by Gasteiger charge is 2.21. The highest BCUT2D eigenvalue weighted by Crippen LogP contribution is 2.37. The lowest BCUT2D eigenvalue weighted by molar-refractivity contribution is 0.460. The van der Waals surface area contributed by atoms with Crippen LogP contribution >= 0.6 is 33.9 Å². The van der Waals surface area contributed by atoms with Gasteiger partial charge in [-0.15, -0.1) is 0 Å². The first kappa shape index (κ1) is 10.9. The van der Waals surface area contributed by atoms with Crippen LogP contribution in [-0.4, -0.2) is 13.5 Å². The molecule has 0 saturated heterocycles. The number of rotatable bonds is 1. The van der Waals surface area contributed by atoms with E-state index in [-0.39, 0.29) is 10.0 Å². The number of hydrogen-bond donors (Lipinski definition) is 1. The van der Waals surface area contributed by atoms with Gasteiger partial charge in [0.05, 0.1) is 10.0 Å². The fourth-order valence-electron chi connectivity index (χ4n) is 0.754. The van der Waals surface area contributed by atoms with Crippen molar-refractivity contribution in [3.8, 4) is 5.75 Å². The molecule has 0 fully saturated rings. The number of halogens is 3. The van der Waals surface area contributed by atoms with E-state index in [0.717, 1.165) is 6.07 Å². The molecule has 1 aromatic carbocycles. The minimum atomic E-state index is -4.08. The largest absolute Gasteiger partial charge is 0.506 e. The lowest BCUT2D eigenvalue weighted by Gasteiger charge is -2.03. The number of phenols is 1. The Morgan fingerprint density at radius 3 is 2.15 bits per heavy atom. The first-order chi connectivity index (χ1) is 5.84. The van der Waals surface area contributed by atoms with E-state index in [1.54, 1.807) is 0 Å². The van der Waals surface area contributed by atoms with Gasteiger partial charge in [-0.3, -0.25) is 0 Å². The van der Waals surface area contributed by atoms with Crippen molar-refractivity contribution < 1.29 is 13.5 Å². The van der Waals surface area contributed by atoms with Crippen molar-refractivity contribution in [2.75, 3.05) is 0 Å². The Bertz CT molecular complexity index is 441. The molecule has 0 heterocycles. The summed E-state index contributed by atoms with van der Waals surface area (Å²) in [6.45, 7) is 0. The summed E-state index contributed by atoms with van der Waals surface area (Å²) in [5.41, 5.74) is 0. The second-order valence-corrected chi connectivity index (χ2v) is 5.44. The molecular weight excluding hydrogens is 258 g/mol. The predicted molar refractivity (Wildman–Crippen MR) is 51.2 cm³/mol. The Balaban J connectivity index is 3.62. The minimum absolute atomic E-state index is 0.0127. The van der Waals surface area contributed by atoms with Crippen molar-refractivity contribution in [3.63, 3.8) is 0 Å². The van der Waals surface area contributed by atoms with Crippen molar-refractivity contribution in [2.45, 2.75) is 4.90 Å². The van der Waals surface area contributed by atoms with E-state index in [0.29, 0.717) is 0 Å². The molecule has 1 rings (SSSR count). The summed E-state index contributed by atoms with van der Waals surface area (Å²) in [4.78, 5) is -0.566. The van der Waals surface area contributed by atoms with Crippen LogP contribution < -0.4 is 0 Å². The second-order valence-electron chi connectivity index (χ2n) is 2.15. The third-order valence-electron chi connectivity index (χ3n) is 1.27. The monoisotopic (exact) mass is 260 g/mol. The molecule has 1 aromatic rings. The Hall–Kier alpha value is -0.160. The van der Waals surface area contributed by atoms with Gasteiger partial charge in [0.15, 0.2) is 0 Å². The smallest absolute Gasteiger partial charge is 0.266 e. The summed E-state index contributed by atoms with van der Waals surface area (Å²) < 4.78 is 21.8. The summed E-state index contributed by atoms with van der Waals surface area (Å²) in [5, 5.41) is 8.88. The van der Waals surface area contributed by atoms with Crippen LogP contribution in [0.5, 0.6) is 5.75 Å². The van der Waals surface area contributed by atoms with Crippen molar-refractivity contribution >= 4 is 42.9 Å². The van der Waals surface area contributed by atoms with Crippen LogP contribution in [0.15, 0.2) is 17.0 Å². The summed E-state index contributed by atoms with van der Waals surface area (Å²) in [6, 6.07) is 2.37. The highest BCUT2D eigenvalue weighted by molar-refractivity contribution is 8.14. The van der Waals surface area contributed by atoms with Crippen LogP contribution in [0.1, 0.15) is 0 Å². The van der Waals surface area contributed by atoms with Gasteiger partial charge in [-0.25, -0.2) is 8.42 Å². The number of aromatic hydroxyl groups is 1. The van der Waals surface area contributed by atoms with Crippen LogP contribution in [0.3, 0.4) is 0 Å². The predicted octanol–water partition coefficient (Wildman–Crippen LogP) is 2.63. The van der Waals surface area contributed by atoms with Gasteiger partial charge in [-0.1, -0.05) is 23.2 Å². The Labute approximate surface area is 89.3 Å². The summed E-state index contributed by atoms with van der Waals surface area (Å²) in [7, 11) is 0.929. The Morgan fingerprint density at radius 2 is 1.77 bits per heavy atom. The zero-order valence-electron chi connectivity index (χ0n) is 5.96. The molecule has 72 valence electrons. The number of benzene rings is 1. The maximum Gasteiger partial charge on any atom is 0.266 e. The Kier molecular flexibility index (Phi) is 2.97. The molecule has 0 aliphatic carbocycles. The fourth-order valence-corrected chi connectivity index (χ4v) is 2.66. The van der Waals surface area contributed by atoms with E-state index in [1.807, 2.05) is 0 Å². The molecule has 0 atom stereocenters. The standard InChI is InChI=1S/C6H3Cl3O3S/c7-3-1-2-4(10)6(5(3)8)13(9,11)12/h1-2,10H. The quantitative estimate of drug-likeness (QED) is 0.791. The van der Waals surface area contributed by atoms with Crippen LogP contribution in [-0.2, 0) is 9.05 Å². The highest BCUT2D eigenvalue weighted by atomic mass is 35.7. The van der Waals surface area contributed by atoms with E-state index in [2.05, 4.69) is 0 Å². The summed E-state index contributed by atoms with van der Waals surface area (Å²) >= 11 is 11.1. The molecule has 7 heteroatoms. The summed E-state index contributed by atoms with van der Waals surface area (Å²) in [5.74, 6) is -0.524. The molecule has 0 unspecified atom stereocenters. The van der Waals surface area contributed by atoms with Crippen molar-refractivity contribution in [2.24, 2.45) is 0 Å². The molecule has 1 N–H and O–H groups in total. The van der Waals surface area contributed by atoms with E-state index < -0.39 is 19.7 Å². The third-order valence-corrected chi connectivity index (χ3v) is 3.55. The van der Waals surface area contributed by atoms with E-state index in [1.165, 1.54) is 6.07 Å². The molecule has 0 bridgehead atoms. The van der Waals surface area contributed by atoms with E-state index in [9.17, 15) is 8.42 Å². The second kappa shape index (κ2) is 3.53. The molecule has 0 saturated carbocycles. The maximum absolute atomic E-state index is 10.9. The zero-order valence-corrected chi connectivity index (χ0v) is 9.04. The van der Waals surface area contributed by atoms with Gasteiger partial charge in [0.1, 0.15) is 10.6 Å². The normalized spacial score (nSPS) is 11.6. The third kappa shape index (κ3) is 2.20. The van der Waals surface area contributed by atoms with Gasteiger partial charge in [0.2, 0.25) is 0 Å². The van der Waals surface area contributed by atoms with Gasteiger partial charge in [0, 0.05) is 10.7 Å². The molecule has 0 spiro atoms. The fraction of sp³-hybridized carbons (Fsp3) is 0. The van der Waals surface area contributed by atoms with Crippen molar-refractivity contribution in [1.29, 1.82) is 0 Å². The lowest BCUT2D eigenvalue weighted by atomic mass is 10.3. The molecule has 0 aromatic heterocycles. The average molecular weight is 262 g/mol. The van der Waals surface area contributed by atoms with Crippen molar-refractivity contribution in [3.05, 3.63) is 22.2 Å². The van der Waals surface area contributed by atoms with Gasteiger partial charge in [-0.2, -0.15) is 0 Å². The van der Waals surface area contributed by atoms with E-state index >= 15 is 0 Å². The lowest BCUT2D eigenvalue weighted by Crippen LogP contribution is -1.93. The molecular formula is C6H3Cl3O3S. The molecule has 3 nitrogen and oxygen atoms in total. The van der Waals surface area contributed by atoms with Crippen LogP contribution in [0.4, 0.5) is 0 Å². The molecule has 0 aliphatic rings. The van der Waals surface area contributed by atoms with Gasteiger partial charge < -0.3 is 5.11 Å². The zero-order chi connectivity index (χ0) is 10.2. The van der Waals surface area contributed by atoms with E-state index in [4.69, 9.17) is 39.0 Å². The molecule has 0 amide bonds. The van der Waals surface area contributed by atoms with Crippen molar-refractivity contribution in [1.82, 2.24) is 0 Å². The maximum atomic E-state index is 10.9. The van der Waals surface area contributed by atoms with Crippen LogP contribution in [0, 0.1) is 0 Å². The van der Waals surface area contributed by atoms with Crippen LogP contribution in [0.2, 0.25) is 10.0 Å². The first-order valence-corrected chi connectivity index (χ1v) is 6.02.